The van der Waals surface area contributed by atoms with Crippen molar-refractivity contribution in [1.82, 2.24) is 9.88 Å². The van der Waals surface area contributed by atoms with Gasteiger partial charge in [-0.1, -0.05) is 29.5 Å². The monoisotopic (exact) mass is 414 g/mol. The van der Waals surface area contributed by atoms with Crippen LogP contribution in [0.25, 0.3) is 10.2 Å². The van der Waals surface area contributed by atoms with Gasteiger partial charge in [-0.3, -0.25) is 4.79 Å². The number of carbonyl (C=O) groups is 1. The van der Waals surface area contributed by atoms with E-state index in [0.717, 1.165) is 34.4 Å². The number of nitrogens with zero attached hydrogens (tertiary/aromatic N) is 2. The van der Waals surface area contributed by atoms with Crippen molar-refractivity contribution in [3.8, 4) is 10.9 Å². The van der Waals surface area contributed by atoms with Crippen molar-refractivity contribution in [2.75, 3.05) is 20.2 Å². The summed E-state index contributed by atoms with van der Waals surface area (Å²) in [4.78, 5) is 18.8. The van der Waals surface area contributed by atoms with Gasteiger partial charge in [-0.2, -0.15) is 4.98 Å². The average molecular weight is 415 g/mol. The summed E-state index contributed by atoms with van der Waals surface area (Å²) in [5.74, 6) is 0.617. The third kappa shape index (κ3) is 4.34. The van der Waals surface area contributed by atoms with E-state index in [1.165, 1.54) is 17.4 Å². The quantitative estimate of drug-likeness (QED) is 0.622. The van der Waals surface area contributed by atoms with Crippen LogP contribution in [0.1, 0.15) is 24.0 Å². The molecule has 1 amide bonds. The van der Waals surface area contributed by atoms with E-state index in [9.17, 15) is 9.18 Å². The molecule has 2 aromatic carbocycles. The van der Waals surface area contributed by atoms with Crippen LogP contribution in [0.5, 0.6) is 10.9 Å². The second-order valence-electron chi connectivity index (χ2n) is 7.25. The Labute approximate surface area is 173 Å². The van der Waals surface area contributed by atoms with E-state index in [4.69, 9.17) is 9.47 Å². The van der Waals surface area contributed by atoms with E-state index in [-0.39, 0.29) is 17.8 Å². The predicted molar refractivity (Wildman–Crippen MR) is 111 cm³/mol. The third-order valence-corrected chi connectivity index (χ3v) is 6.14. The normalized spacial score (nSPS) is 14.9. The maximum atomic E-state index is 13.8. The Bertz CT molecular complexity index is 1030. The number of piperidine rings is 1. The van der Waals surface area contributed by atoms with Gasteiger partial charge in [-0.15, -0.1) is 0 Å². The molecule has 3 aromatic rings. The van der Waals surface area contributed by atoms with E-state index < -0.39 is 0 Å². The second-order valence-corrected chi connectivity index (χ2v) is 8.24. The lowest BCUT2D eigenvalue weighted by molar-refractivity contribution is -0.132. The van der Waals surface area contributed by atoms with Gasteiger partial charge in [0.2, 0.25) is 5.91 Å². The molecule has 1 fully saturated rings. The Balaban J connectivity index is 1.32. The smallest absolute Gasteiger partial charge is 0.274 e. The summed E-state index contributed by atoms with van der Waals surface area (Å²) in [6.07, 6.45) is 1.86. The fourth-order valence-electron chi connectivity index (χ4n) is 3.65. The van der Waals surface area contributed by atoms with Gasteiger partial charge in [-0.05, 0) is 36.2 Å². The first-order valence-electron chi connectivity index (χ1n) is 9.66. The minimum absolute atomic E-state index is 0.00842. The van der Waals surface area contributed by atoms with Crippen LogP contribution in [0, 0.1) is 12.7 Å². The van der Waals surface area contributed by atoms with Gasteiger partial charge in [0.1, 0.15) is 23.2 Å². The third-order valence-electron chi connectivity index (χ3n) is 5.23. The molecule has 1 saturated heterocycles. The number of aromatic nitrogens is 1. The van der Waals surface area contributed by atoms with Crippen LogP contribution in [0.15, 0.2) is 36.4 Å². The summed E-state index contributed by atoms with van der Waals surface area (Å²) in [5, 5.41) is 0.489. The van der Waals surface area contributed by atoms with E-state index in [0.29, 0.717) is 30.2 Å². The zero-order valence-corrected chi connectivity index (χ0v) is 17.3. The fourth-order valence-corrected chi connectivity index (χ4v) is 4.54. The number of hydrogen-bond acceptors (Lipinski definition) is 5. The molecule has 0 saturated carbocycles. The molecule has 0 unspecified atom stereocenters. The molecule has 0 spiro atoms. The maximum absolute atomic E-state index is 13.8. The number of likely N-dealkylation sites (tertiary alicyclic amines) is 1. The molecule has 0 aliphatic carbocycles. The number of ether oxygens (including phenoxy) is 2. The van der Waals surface area contributed by atoms with Crippen molar-refractivity contribution >= 4 is 27.5 Å². The number of aryl methyl sites for hydroxylation is 1. The van der Waals surface area contributed by atoms with Crippen molar-refractivity contribution in [3.05, 3.63) is 53.3 Å². The summed E-state index contributed by atoms with van der Waals surface area (Å²) in [5.41, 5.74) is 2.37. The highest BCUT2D eigenvalue weighted by atomic mass is 32.1. The molecular weight excluding hydrogens is 391 g/mol. The van der Waals surface area contributed by atoms with Gasteiger partial charge in [0, 0.05) is 25.9 Å². The number of amides is 1. The van der Waals surface area contributed by atoms with Gasteiger partial charge in [-0.25, -0.2) is 4.39 Å². The maximum Gasteiger partial charge on any atom is 0.274 e. The molecule has 1 aliphatic heterocycles. The van der Waals surface area contributed by atoms with Crippen molar-refractivity contribution in [2.45, 2.75) is 32.3 Å². The van der Waals surface area contributed by atoms with Crippen LogP contribution in [0.3, 0.4) is 0 Å². The van der Waals surface area contributed by atoms with Crippen molar-refractivity contribution in [2.24, 2.45) is 0 Å². The van der Waals surface area contributed by atoms with Gasteiger partial charge in [0.05, 0.1) is 18.2 Å². The summed E-state index contributed by atoms with van der Waals surface area (Å²) >= 11 is 1.35. The summed E-state index contributed by atoms with van der Waals surface area (Å²) in [6.45, 7) is 3.28. The zero-order chi connectivity index (χ0) is 20.4. The fraction of sp³-hybridized carbons (Fsp3) is 0.364. The Hall–Kier alpha value is -2.67. The molecule has 2 heterocycles. The minimum Gasteiger partial charge on any atom is -0.496 e. The number of rotatable bonds is 5. The topological polar surface area (TPSA) is 51.7 Å². The lowest BCUT2D eigenvalue weighted by atomic mass is 10.0. The molecule has 7 heteroatoms. The first-order valence-corrected chi connectivity index (χ1v) is 10.5. The van der Waals surface area contributed by atoms with E-state index >= 15 is 0 Å². The number of fused-ring (bicyclic) bond motifs is 1. The number of thiazole rings is 1. The molecule has 0 radical (unpaired) electrons. The molecular formula is C22H23FN2O3S. The SMILES string of the molecule is COc1ccc(CC(=O)N2CCC(Oc3nc4c(F)cccc4s3)CC2)cc1C. The molecule has 152 valence electrons. The number of halogens is 1. The molecule has 29 heavy (non-hydrogen) atoms. The summed E-state index contributed by atoms with van der Waals surface area (Å²) in [7, 11) is 1.64. The highest BCUT2D eigenvalue weighted by Gasteiger charge is 2.25. The highest BCUT2D eigenvalue weighted by molar-refractivity contribution is 7.20. The average Bonchev–Trinajstić information content (AvgIpc) is 3.12. The first kappa shape index (κ1) is 19.6. The molecule has 1 aromatic heterocycles. The van der Waals surface area contributed by atoms with Crippen LogP contribution >= 0.6 is 11.3 Å². The van der Waals surface area contributed by atoms with Gasteiger partial charge in [0.25, 0.3) is 5.19 Å². The number of methoxy groups -OCH3 is 1. The molecule has 0 N–H and O–H groups in total. The van der Waals surface area contributed by atoms with Crippen LogP contribution in [0.4, 0.5) is 4.39 Å². The number of carbonyl (C=O) groups excluding carboxylic acids is 1. The number of para-hydroxylation sites is 1. The highest BCUT2D eigenvalue weighted by Crippen LogP contribution is 2.31. The molecule has 0 atom stereocenters. The zero-order valence-electron chi connectivity index (χ0n) is 16.5. The lowest BCUT2D eigenvalue weighted by Gasteiger charge is -2.31. The number of hydrogen-bond donors (Lipinski definition) is 0. The summed E-state index contributed by atoms with van der Waals surface area (Å²) in [6, 6.07) is 10.8. The number of benzene rings is 2. The molecule has 1 aliphatic rings. The Morgan fingerprint density at radius 1 is 1.28 bits per heavy atom. The van der Waals surface area contributed by atoms with Gasteiger partial charge < -0.3 is 14.4 Å². The Morgan fingerprint density at radius 3 is 2.76 bits per heavy atom. The van der Waals surface area contributed by atoms with Gasteiger partial charge in [0.15, 0.2) is 0 Å². The van der Waals surface area contributed by atoms with Crippen molar-refractivity contribution < 1.29 is 18.7 Å². The lowest BCUT2D eigenvalue weighted by Crippen LogP contribution is -2.42. The summed E-state index contributed by atoms with van der Waals surface area (Å²) < 4.78 is 25.8. The van der Waals surface area contributed by atoms with Crippen molar-refractivity contribution in [1.29, 1.82) is 0 Å². The first-order chi connectivity index (χ1) is 14.0. The standard InChI is InChI=1S/C22H23FN2O3S/c1-14-12-15(6-7-18(14)27-2)13-20(26)25-10-8-16(9-11-25)28-22-24-21-17(23)4-3-5-19(21)29-22/h3-7,12,16H,8-11,13H2,1-2H3. The van der Waals surface area contributed by atoms with Crippen LogP contribution < -0.4 is 9.47 Å². The minimum atomic E-state index is -0.331. The Morgan fingerprint density at radius 2 is 2.07 bits per heavy atom. The van der Waals surface area contributed by atoms with Crippen molar-refractivity contribution in [3.63, 3.8) is 0 Å². The molecule has 4 rings (SSSR count). The van der Waals surface area contributed by atoms with E-state index in [2.05, 4.69) is 4.98 Å². The second kappa shape index (κ2) is 8.37. The predicted octanol–water partition coefficient (Wildman–Crippen LogP) is 4.36. The largest absolute Gasteiger partial charge is 0.496 e. The van der Waals surface area contributed by atoms with Crippen LogP contribution in [-0.2, 0) is 11.2 Å². The molecule has 5 nitrogen and oxygen atoms in total. The van der Waals surface area contributed by atoms with E-state index in [1.54, 1.807) is 13.2 Å². The van der Waals surface area contributed by atoms with Crippen LogP contribution in [0.2, 0.25) is 0 Å². The Kier molecular flexibility index (Phi) is 5.67. The van der Waals surface area contributed by atoms with E-state index in [1.807, 2.05) is 36.1 Å². The molecule has 0 bridgehead atoms. The van der Waals surface area contributed by atoms with Gasteiger partial charge >= 0.3 is 0 Å². The van der Waals surface area contributed by atoms with Crippen LogP contribution in [-0.4, -0.2) is 42.1 Å².